The molecule has 2 atom stereocenters. The zero-order valence-electron chi connectivity index (χ0n) is 27.2. The van der Waals surface area contributed by atoms with Crippen LogP contribution in [-0.4, -0.2) is 6.66 Å². The maximum absolute atomic E-state index is 8.82. The van der Waals surface area contributed by atoms with Gasteiger partial charge in [-0.1, -0.05) is 0 Å². The van der Waals surface area contributed by atoms with Gasteiger partial charge in [0, 0.05) is 0 Å². The second-order valence-electron chi connectivity index (χ2n) is 13.5. The molecule has 0 saturated heterocycles. The van der Waals surface area contributed by atoms with E-state index >= 15 is 0 Å². The molecule has 0 spiro atoms. The van der Waals surface area contributed by atoms with Gasteiger partial charge in [0.25, 0.3) is 0 Å². The van der Waals surface area contributed by atoms with Gasteiger partial charge in [-0.25, -0.2) is 0 Å². The Morgan fingerprint density at radius 3 is 1.08 bits per heavy atom. The van der Waals surface area contributed by atoms with Crippen molar-refractivity contribution < 1.29 is 12.4 Å². The van der Waals surface area contributed by atoms with E-state index in [2.05, 4.69) is 183 Å². The summed E-state index contributed by atoms with van der Waals surface area (Å²) in [6, 6.07) is 56.7. The summed E-state index contributed by atoms with van der Waals surface area (Å²) in [5, 5.41) is 0. The van der Waals surface area contributed by atoms with Crippen molar-refractivity contribution in [1.82, 2.24) is 0 Å². The van der Waals surface area contributed by atoms with Crippen LogP contribution in [0.2, 0.25) is 13.1 Å². The summed E-state index contributed by atoms with van der Waals surface area (Å²) >= 11 is -4.81. The molecule has 0 aromatic heterocycles. The average molecular weight is 713 g/mol. The average Bonchev–Trinajstić information content (AvgIpc) is 3.74. The van der Waals surface area contributed by atoms with Crippen LogP contribution in [0.5, 0.6) is 0 Å². The molecule has 0 N–H and O–H groups in total. The van der Waals surface area contributed by atoms with E-state index in [-0.39, 0.29) is 8.45 Å². The number of benzene rings is 6. The molecule has 8 rings (SSSR count). The molecular weight excluding hydrogens is 675 g/mol. The molecular formula is C44H37Cl2SiTi. The number of fused-ring (bicyclic) bond motifs is 2. The van der Waals surface area contributed by atoms with Gasteiger partial charge >= 0.3 is 296 Å². The van der Waals surface area contributed by atoms with E-state index in [9.17, 15) is 0 Å². The van der Waals surface area contributed by atoms with Gasteiger partial charge in [-0.05, 0) is 0 Å². The SMILES string of the molecule is C[SiH](C)[Ti]([Cl])([Cl])([CH]1C(c2ccccc2)=Cc2c(-c3ccccc3)cccc21)[CH]1C(c2ccccc2)=Cc2c(-c3ccccc3)cccc21. The number of hydrogen-bond acceptors (Lipinski definition) is 0. The first-order chi connectivity index (χ1) is 23.4. The maximum atomic E-state index is 8.82. The third-order valence-electron chi connectivity index (χ3n) is 10.7. The van der Waals surface area contributed by atoms with E-state index in [4.69, 9.17) is 18.6 Å². The summed E-state index contributed by atoms with van der Waals surface area (Å²) in [7, 11) is 17.6. The van der Waals surface area contributed by atoms with Gasteiger partial charge in [0.2, 0.25) is 0 Å². The molecule has 2 unspecified atom stereocenters. The molecule has 4 heteroatoms. The minimum absolute atomic E-state index is 0.0819. The van der Waals surface area contributed by atoms with Crippen molar-refractivity contribution in [3.8, 4) is 22.3 Å². The second-order valence-corrected chi connectivity index (χ2v) is 42.8. The van der Waals surface area contributed by atoms with Gasteiger partial charge in [0.05, 0.1) is 0 Å². The monoisotopic (exact) mass is 711 g/mol. The zero-order valence-corrected chi connectivity index (χ0v) is 31.4. The molecule has 2 aliphatic rings. The standard InChI is InChI=1S/2C21H15.C2H7Si.2ClH.Ti/c2*1-3-8-16(9-4-1)19-14-18-12-7-13-20(21(18)15-19)17-10-5-2-6-11-17;1-3-2;;;/h2*1-15H;3H,1-2H3;2*1H;/q;;;;;+2/p-2. The first-order valence-corrected chi connectivity index (χ1v) is 28.5. The Morgan fingerprint density at radius 1 is 0.417 bits per heavy atom. The van der Waals surface area contributed by atoms with E-state index in [1.165, 1.54) is 66.8 Å². The zero-order chi connectivity index (χ0) is 32.9. The van der Waals surface area contributed by atoms with Gasteiger partial charge in [-0.2, -0.15) is 0 Å². The van der Waals surface area contributed by atoms with E-state index in [1.54, 1.807) is 0 Å². The number of allylic oxidation sites excluding steroid dienone is 2. The van der Waals surface area contributed by atoms with Crippen LogP contribution in [0, 0.1) is 0 Å². The van der Waals surface area contributed by atoms with E-state index in [0.29, 0.717) is 0 Å². The summed E-state index contributed by atoms with van der Waals surface area (Å²) in [6.07, 6.45) is 4.84. The summed E-state index contributed by atoms with van der Waals surface area (Å²) in [6.45, 7) is 3.03. The predicted molar refractivity (Wildman–Crippen MR) is 208 cm³/mol. The van der Waals surface area contributed by atoms with Crippen LogP contribution in [0.25, 0.3) is 45.6 Å². The van der Waals surface area contributed by atoms with E-state index < -0.39 is 19.1 Å². The van der Waals surface area contributed by atoms with Crippen molar-refractivity contribution in [1.29, 1.82) is 0 Å². The van der Waals surface area contributed by atoms with E-state index in [0.717, 1.165) is 0 Å². The molecule has 2 aliphatic carbocycles. The molecule has 0 saturated carbocycles. The van der Waals surface area contributed by atoms with Gasteiger partial charge < -0.3 is 0 Å². The first kappa shape index (κ1) is 31.6. The Kier molecular flexibility index (Phi) is 8.11. The Labute approximate surface area is 293 Å². The molecule has 0 amide bonds. The van der Waals surface area contributed by atoms with Gasteiger partial charge in [0.15, 0.2) is 0 Å². The third-order valence-corrected chi connectivity index (χ3v) is 45.8. The van der Waals surface area contributed by atoms with Crippen molar-refractivity contribution in [3.05, 3.63) is 191 Å². The fourth-order valence-corrected chi connectivity index (χ4v) is 28.5. The molecule has 48 heavy (non-hydrogen) atoms. The Morgan fingerprint density at radius 2 is 0.750 bits per heavy atom. The summed E-state index contributed by atoms with van der Waals surface area (Å²) in [5.74, 6) is 0. The van der Waals surface area contributed by atoms with Gasteiger partial charge in [0.1, 0.15) is 0 Å². The third kappa shape index (κ3) is 4.99. The number of hydrogen-bond donors (Lipinski definition) is 0. The summed E-state index contributed by atoms with van der Waals surface area (Å²) in [4.78, 5) is 0. The molecule has 0 nitrogen and oxygen atoms in total. The van der Waals surface area contributed by atoms with Crippen LogP contribution in [0.3, 0.4) is 0 Å². The molecule has 6 aromatic rings. The van der Waals surface area contributed by atoms with Gasteiger partial charge in [-0.15, -0.1) is 0 Å². The Balaban J connectivity index is 1.43. The quantitative estimate of drug-likeness (QED) is 0.145. The predicted octanol–water partition coefficient (Wildman–Crippen LogP) is 12.9. The summed E-state index contributed by atoms with van der Waals surface area (Å²) in [5.41, 5.74) is 14.9. The molecule has 0 radical (unpaired) electrons. The van der Waals surface area contributed by atoms with Crippen LogP contribution in [-0.2, 0) is 12.4 Å². The first-order valence-electron chi connectivity index (χ1n) is 16.8. The molecule has 235 valence electrons. The van der Waals surface area contributed by atoms with Crippen LogP contribution < -0.4 is 0 Å². The van der Waals surface area contributed by atoms with Gasteiger partial charge in [-0.3, -0.25) is 0 Å². The Hall–Kier alpha value is -3.69. The van der Waals surface area contributed by atoms with Crippen molar-refractivity contribution in [2.75, 3.05) is 0 Å². The van der Waals surface area contributed by atoms with Crippen LogP contribution in [0.1, 0.15) is 41.8 Å². The van der Waals surface area contributed by atoms with Crippen molar-refractivity contribution in [3.63, 3.8) is 0 Å². The van der Waals surface area contributed by atoms with Crippen LogP contribution >= 0.6 is 18.6 Å². The second kappa shape index (κ2) is 12.3. The topological polar surface area (TPSA) is 0 Å². The van der Waals surface area contributed by atoms with Crippen molar-refractivity contribution in [2.45, 2.75) is 21.5 Å². The molecule has 0 fully saturated rings. The fourth-order valence-electron chi connectivity index (χ4n) is 8.33. The molecule has 0 heterocycles. The normalized spacial score (nSPS) is 17.6. The summed E-state index contributed by atoms with van der Waals surface area (Å²) < 4.78 is -0.164. The number of halogens is 2. The van der Waals surface area contributed by atoms with Crippen molar-refractivity contribution in [2.24, 2.45) is 0 Å². The van der Waals surface area contributed by atoms with Crippen molar-refractivity contribution >= 4 is 48.6 Å². The minimum atomic E-state index is -4.81. The van der Waals surface area contributed by atoms with E-state index in [1.807, 2.05) is 0 Å². The fraction of sp³-hybridized carbons (Fsp3) is 0.0909. The van der Waals surface area contributed by atoms with Crippen LogP contribution in [0.4, 0.5) is 0 Å². The molecule has 6 aromatic carbocycles. The van der Waals surface area contributed by atoms with Crippen LogP contribution in [0.15, 0.2) is 158 Å². The molecule has 0 bridgehead atoms. The molecule has 0 aliphatic heterocycles. The number of rotatable bonds is 7. The Bertz CT molecular complexity index is 2040.